The maximum Gasteiger partial charge on any atom is 0.172 e. The van der Waals surface area contributed by atoms with E-state index in [9.17, 15) is 0 Å². The summed E-state index contributed by atoms with van der Waals surface area (Å²) in [5.74, 6) is 0.595. The first-order valence-corrected chi connectivity index (χ1v) is 5.37. The molecule has 1 heterocycles. The zero-order chi connectivity index (χ0) is 13.7. The molecular weight excluding hydrogens is 242 g/mol. The van der Waals surface area contributed by atoms with Crippen molar-refractivity contribution in [2.24, 2.45) is 0 Å². The van der Waals surface area contributed by atoms with E-state index in [1.54, 1.807) is 43.3 Å². The number of anilines is 1. The van der Waals surface area contributed by atoms with E-state index in [1.807, 2.05) is 0 Å². The van der Waals surface area contributed by atoms with Gasteiger partial charge < -0.3 is 5.32 Å². The standard InChI is InChI=1S/C12H9N7/c1-9-16-18-19(17-9)12-4-2-11(3-5-12)15-8-10(6-13)7-14/h2-5,8,15H,1H3. The minimum absolute atomic E-state index is 0.0117. The molecule has 0 fully saturated rings. The van der Waals surface area contributed by atoms with E-state index in [1.165, 1.54) is 11.0 Å². The average Bonchev–Trinajstić information content (AvgIpc) is 2.87. The number of aromatic nitrogens is 4. The molecule has 0 aliphatic heterocycles. The fraction of sp³-hybridized carbons (Fsp3) is 0.0833. The molecule has 1 aromatic heterocycles. The van der Waals surface area contributed by atoms with Crippen LogP contribution in [0.1, 0.15) is 5.82 Å². The first-order valence-electron chi connectivity index (χ1n) is 5.37. The Morgan fingerprint density at radius 2 is 1.95 bits per heavy atom. The molecule has 0 atom stereocenters. The van der Waals surface area contributed by atoms with Crippen LogP contribution in [-0.2, 0) is 0 Å². The van der Waals surface area contributed by atoms with E-state index in [2.05, 4.69) is 20.7 Å². The number of nitrogens with one attached hydrogen (secondary N) is 1. The number of hydrogen-bond donors (Lipinski definition) is 1. The Hall–Kier alpha value is -3.19. The largest absolute Gasteiger partial charge is 0.360 e. The Morgan fingerprint density at radius 3 is 2.47 bits per heavy atom. The summed E-state index contributed by atoms with van der Waals surface area (Å²) in [5, 5.41) is 31.8. The fourth-order valence-corrected chi connectivity index (χ4v) is 1.33. The molecule has 0 saturated heterocycles. The first kappa shape index (κ1) is 12.3. The van der Waals surface area contributed by atoms with Crippen LogP contribution in [0.25, 0.3) is 5.69 Å². The van der Waals surface area contributed by atoms with Gasteiger partial charge in [0.05, 0.1) is 5.69 Å². The van der Waals surface area contributed by atoms with Crippen molar-refractivity contribution in [3.63, 3.8) is 0 Å². The van der Waals surface area contributed by atoms with E-state index >= 15 is 0 Å². The van der Waals surface area contributed by atoms with Gasteiger partial charge in [-0.25, -0.2) is 0 Å². The summed E-state index contributed by atoms with van der Waals surface area (Å²) in [6.07, 6.45) is 1.35. The second-order valence-corrected chi connectivity index (χ2v) is 3.60. The number of aryl methyl sites for hydroxylation is 1. The molecule has 2 rings (SSSR count). The molecule has 0 unspecified atom stereocenters. The highest BCUT2D eigenvalue weighted by Crippen LogP contribution is 2.12. The van der Waals surface area contributed by atoms with Gasteiger partial charge in [0.1, 0.15) is 17.7 Å². The molecule has 0 aliphatic carbocycles. The summed E-state index contributed by atoms with van der Waals surface area (Å²) in [4.78, 5) is 1.42. The SMILES string of the molecule is Cc1nnn(-c2ccc(NC=C(C#N)C#N)cc2)n1. The van der Waals surface area contributed by atoms with Crippen LogP contribution >= 0.6 is 0 Å². The number of nitrogens with zero attached hydrogens (tertiary/aromatic N) is 6. The van der Waals surface area contributed by atoms with Crippen molar-refractivity contribution < 1.29 is 0 Å². The predicted octanol–water partition coefficient (Wildman–Crippen LogP) is 1.31. The normalized spacial score (nSPS) is 9.21. The number of allylic oxidation sites excluding steroid dienone is 1. The third-order valence-corrected chi connectivity index (χ3v) is 2.24. The van der Waals surface area contributed by atoms with Crippen LogP contribution in [0.2, 0.25) is 0 Å². The van der Waals surface area contributed by atoms with Gasteiger partial charge in [0.25, 0.3) is 0 Å². The molecule has 1 N–H and O–H groups in total. The molecule has 7 nitrogen and oxygen atoms in total. The van der Waals surface area contributed by atoms with Crippen molar-refractivity contribution in [2.75, 3.05) is 5.32 Å². The van der Waals surface area contributed by atoms with Crippen LogP contribution in [0.15, 0.2) is 36.0 Å². The highest BCUT2D eigenvalue weighted by molar-refractivity contribution is 5.52. The Balaban J connectivity index is 2.14. The van der Waals surface area contributed by atoms with Crippen LogP contribution in [0, 0.1) is 29.6 Å². The highest BCUT2D eigenvalue weighted by atomic mass is 15.6. The van der Waals surface area contributed by atoms with Gasteiger partial charge in [0.15, 0.2) is 5.82 Å². The van der Waals surface area contributed by atoms with Gasteiger partial charge in [0, 0.05) is 11.9 Å². The van der Waals surface area contributed by atoms with Crippen molar-refractivity contribution in [3.05, 3.63) is 41.9 Å². The molecule has 0 radical (unpaired) electrons. The molecular formula is C12H9N7. The third-order valence-electron chi connectivity index (χ3n) is 2.24. The van der Waals surface area contributed by atoms with Crippen LogP contribution in [0.3, 0.4) is 0 Å². The zero-order valence-electron chi connectivity index (χ0n) is 10.1. The van der Waals surface area contributed by atoms with Gasteiger partial charge >= 0.3 is 0 Å². The number of tetrazole rings is 1. The van der Waals surface area contributed by atoms with Crippen LogP contribution in [-0.4, -0.2) is 20.2 Å². The smallest absolute Gasteiger partial charge is 0.172 e. The molecule has 0 amide bonds. The molecule has 2 aromatic rings. The topological polar surface area (TPSA) is 103 Å². The van der Waals surface area contributed by atoms with Gasteiger partial charge in [-0.15, -0.1) is 15.0 Å². The lowest BCUT2D eigenvalue weighted by molar-refractivity contribution is 0.719. The average molecular weight is 251 g/mol. The first-order chi connectivity index (χ1) is 9.22. The second kappa shape index (κ2) is 5.43. The molecule has 1 aromatic carbocycles. The summed E-state index contributed by atoms with van der Waals surface area (Å²) in [6.45, 7) is 1.76. The minimum Gasteiger partial charge on any atom is -0.360 e. The van der Waals surface area contributed by atoms with Crippen molar-refractivity contribution in [2.45, 2.75) is 6.92 Å². The summed E-state index contributed by atoms with van der Waals surface area (Å²) in [6, 6.07) is 10.7. The van der Waals surface area contributed by atoms with Crippen molar-refractivity contribution in [1.29, 1.82) is 10.5 Å². The number of nitriles is 2. The van der Waals surface area contributed by atoms with Gasteiger partial charge in [-0.3, -0.25) is 0 Å². The van der Waals surface area contributed by atoms with E-state index in [-0.39, 0.29) is 5.57 Å². The van der Waals surface area contributed by atoms with E-state index < -0.39 is 0 Å². The zero-order valence-corrected chi connectivity index (χ0v) is 10.1. The van der Waals surface area contributed by atoms with E-state index in [4.69, 9.17) is 10.5 Å². The van der Waals surface area contributed by atoms with Crippen LogP contribution in [0.5, 0.6) is 0 Å². The molecule has 92 valence electrons. The van der Waals surface area contributed by atoms with Crippen LogP contribution < -0.4 is 5.32 Å². The summed E-state index contributed by atoms with van der Waals surface area (Å²) < 4.78 is 0. The maximum absolute atomic E-state index is 8.59. The number of rotatable bonds is 3. The number of benzene rings is 1. The molecule has 19 heavy (non-hydrogen) atoms. The van der Waals surface area contributed by atoms with Crippen molar-refractivity contribution in [3.8, 4) is 17.8 Å². The molecule has 0 bridgehead atoms. The number of hydrogen-bond acceptors (Lipinski definition) is 6. The summed E-state index contributed by atoms with van der Waals surface area (Å²) >= 11 is 0. The molecule has 7 heteroatoms. The molecule has 0 spiro atoms. The van der Waals surface area contributed by atoms with Crippen molar-refractivity contribution >= 4 is 5.69 Å². The van der Waals surface area contributed by atoms with E-state index in [0.717, 1.165) is 11.4 Å². The van der Waals surface area contributed by atoms with Gasteiger partial charge in [-0.2, -0.15) is 10.5 Å². The second-order valence-electron chi connectivity index (χ2n) is 3.60. The van der Waals surface area contributed by atoms with Crippen LogP contribution in [0.4, 0.5) is 5.69 Å². The quantitative estimate of drug-likeness (QED) is 0.825. The molecule has 0 aliphatic rings. The minimum atomic E-state index is 0.0117. The molecule has 0 saturated carbocycles. The van der Waals surface area contributed by atoms with E-state index in [0.29, 0.717) is 5.82 Å². The van der Waals surface area contributed by atoms with Crippen molar-refractivity contribution in [1.82, 2.24) is 20.2 Å². The Morgan fingerprint density at radius 1 is 1.26 bits per heavy atom. The monoisotopic (exact) mass is 251 g/mol. The summed E-state index contributed by atoms with van der Waals surface area (Å²) in [5.41, 5.74) is 1.54. The summed E-state index contributed by atoms with van der Waals surface area (Å²) in [7, 11) is 0. The predicted molar refractivity (Wildman–Crippen MR) is 66.8 cm³/mol. The fourth-order valence-electron chi connectivity index (χ4n) is 1.33. The Bertz CT molecular complexity index is 666. The maximum atomic E-state index is 8.59. The van der Waals surface area contributed by atoms with Gasteiger partial charge in [-0.1, -0.05) is 0 Å². The van der Waals surface area contributed by atoms with Gasteiger partial charge in [-0.05, 0) is 36.4 Å². The lowest BCUT2D eigenvalue weighted by Gasteiger charge is -2.02. The Kier molecular flexibility index (Phi) is 3.51. The lowest BCUT2D eigenvalue weighted by Crippen LogP contribution is -1.99. The highest BCUT2D eigenvalue weighted by Gasteiger charge is 2.00. The lowest BCUT2D eigenvalue weighted by atomic mass is 10.3. The van der Waals surface area contributed by atoms with Gasteiger partial charge in [0.2, 0.25) is 0 Å². The third kappa shape index (κ3) is 2.93. The Labute approximate surface area is 109 Å².